The summed E-state index contributed by atoms with van der Waals surface area (Å²) >= 11 is 0. The number of carboxylic acid groups (broad SMARTS) is 1. The molecule has 2 N–H and O–H groups in total. The zero-order chi connectivity index (χ0) is 20.3. The SMILES string of the molecule is C=C(C[C@@H](NC(=O)OCC1c2ccccc2-c2ccccc21)C(C)C)C(=O)O. The van der Waals surface area contributed by atoms with E-state index in [1.54, 1.807) is 0 Å². The summed E-state index contributed by atoms with van der Waals surface area (Å²) in [6.45, 7) is 7.62. The van der Waals surface area contributed by atoms with Crippen LogP contribution < -0.4 is 5.32 Å². The third-order valence-corrected chi connectivity index (χ3v) is 5.22. The lowest BCUT2D eigenvalue weighted by Gasteiger charge is -2.23. The molecule has 0 aliphatic heterocycles. The van der Waals surface area contributed by atoms with Crippen molar-refractivity contribution in [3.8, 4) is 11.1 Å². The lowest BCUT2D eigenvalue weighted by Crippen LogP contribution is -2.40. The molecule has 0 bridgehead atoms. The summed E-state index contributed by atoms with van der Waals surface area (Å²) in [4.78, 5) is 23.4. The molecule has 146 valence electrons. The average Bonchev–Trinajstić information content (AvgIpc) is 2.99. The summed E-state index contributed by atoms with van der Waals surface area (Å²) in [5, 5.41) is 11.8. The maximum atomic E-state index is 12.4. The fourth-order valence-corrected chi connectivity index (χ4v) is 3.60. The van der Waals surface area contributed by atoms with Crippen LogP contribution in [0.3, 0.4) is 0 Å². The second kappa shape index (κ2) is 8.30. The second-order valence-electron chi connectivity index (χ2n) is 7.43. The van der Waals surface area contributed by atoms with Gasteiger partial charge in [0, 0.05) is 17.5 Å². The molecular formula is C23H25NO4. The smallest absolute Gasteiger partial charge is 0.407 e. The lowest BCUT2D eigenvalue weighted by atomic mass is 9.97. The zero-order valence-electron chi connectivity index (χ0n) is 16.1. The normalized spacial score (nSPS) is 13.5. The molecule has 2 aromatic rings. The molecule has 0 heterocycles. The van der Waals surface area contributed by atoms with Gasteiger partial charge in [0.25, 0.3) is 0 Å². The van der Waals surface area contributed by atoms with Gasteiger partial charge in [0.05, 0.1) is 0 Å². The van der Waals surface area contributed by atoms with Gasteiger partial charge >= 0.3 is 12.1 Å². The van der Waals surface area contributed by atoms with Crippen molar-refractivity contribution in [3.05, 3.63) is 71.8 Å². The number of benzene rings is 2. The summed E-state index contributed by atoms with van der Waals surface area (Å²) in [5.41, 5.74) is 4.71. The molecule has 5 nitrogen and oxygen atoms in total. The molecule has 2 aromatic carbocycles. The van der Waals surface area contributed by atoms with Crippen LogP contribution >= 0.6 is 0 Å². The van der Waals surface area contributed by atoms with E-state index in [-0.39, 0.29) is 36.5 Å². The third-order valence-electron chi connectivity index (χ3n) is 5.22. The molecular weight excluding hydrogens is 354 g/mol. The molecule has 1 aliphatic rings. The number of fused-ring (bicyclic) bond motifs is 3. The van der Waals surface area contributed by atoms with E-state index < -0.39 is 12.1 Å². The Morgan fingerprint density at radius 2 is 1.61 bits per heavy atom. The molecule has 0 fully saturated rings. The Balaban J connectivity index is 1.67. The van der Waals surface area contributed by atoms with E-state index in [0.717, 1.165) is 11.1 Å². The molecule has 5 heteroatoms. The number of hydrogen-bond donors (Lipinski definition) is 2. The highest BCUT2D eigenvalue weighted by molar-refractivity contribution is 5.86. The van der Waals surface area contributed by atoms with E-state index in [2.05, 4.69) is 36.2 Å². The number of aliphatic carboxylic acids is 1. The maximum absolute atomic E-state index is 12.4. The van der Waals surface area contributed by atoms with Gasteiger partial charge in [0.2, 0.25) is 0 Å². The van der Waals surface area contributed by atoms with Crippen molar-refractivity contribution < 1.29 is 19.4 Å². The van der Waals surface area contributed by atoms with Crippen LogP contribution in [0.15, 0.2) is 60.7 Å². The zero-order valence-corrected chi connectivity index (χ0v) is 16.1. The Morgan fingerprint density at radius 3 is 2.11 bits per heavy atom. The predicted molar refractivity (Wildman–Crippen MR) is 108 cm³/mol. The van der Waals surface area contributed by atoms with Crippen LogP contribution in [0.2, 0.25) is 0 Å². The first kappa shape index (κ1) is 19.7. The van der Waals surface area contributed by atoms with E-state index in [0.29, 0.717) is 0 Å². The quantitative estimate of drug-likeness (QED) is 0.691. The molecule has 0 saturated heterocycles. The molecule has 0 spiro atoms. The van der Waals surface area contributed by atoms with Gasteiger partial charge in [-0.25, -0.2) is 9.59 Å². The minimum Gasteiger partial charge on any atom is -0.478 e. The Bertz CT molecular complexity index is 857. The molecule has 1 aliphatic carbocycles. The summed E-state index contributed by atoms with van der Waals surface area (Å²) < 4.78 is 5.54. The average molecular weight is 379 g/mol. The highest BCUT2D eigenvalue weighted by Crippen LogP contribution is 2.44. The summed E-state index contributed by atoms with van der Waals surface area (Å²) in [7, 11) is 0. The number of amides is 1. The summed E-state index contributed by atoms with van der Waals surface area (Å²) in [6.07, 6.45) is -0.365. The highest BCUT2D eigenvalue weighted by atomic mass is 16.5. The first-order valence-electron chi connectivity index (χ1n) is 9.41. The van der Waals surface area contributed by atoms with Gasteiger partial charge < -0.3 is 15.2 Å². The number of carbonyl (C=O) groups excluding carboxylic acids is 1. The third kappa shape index (κ3) is 4.09. The number of carboxylic acids is 1. The van der Waals surface area contributed by atoms with Crippen LogP contribution in [0.4, 0.5) is 4.79 Å². The summed E-state index contributed by atoms with van der Waals surface area (Å²) in [5.74, 6) is -1.01. The van der Waals surface area contributed by atoms with Crippen molar-refractivity contribution in [1.29, 1.82) is 0 Å². The van der Waals surface area contributed by atoms with Crippen molar-refractivity contribution in [2.24, 2.45) is 5.92 Å². The Kier molecular flexibility index (Phi) is 5.83. The van der Waals surface area contributed by atoms with E-state index in [4.69, 9.17) is 9.84 Å². The molecule has 0 saturated carbocycles. The van der Waals surface area contributed by atoms with Crippen LogP contribution in [-0.4, -0.2) is 29.8 Å². The van der Waals surface area contributed by atoms with Crippen LogP contribution in [0.1, 0.15) is 37.3 Å². The van der Waals surface area contributed by atoms with Gasteiger partial charge in [-0.1, -0.05) is 69.0 Å². The number of nitrogens with one attached hydrogen (secondary N) is 1. The van der Waals surface area contributed by atoms with Gasteiger partial charge in [0.15, 0.2) is 0 Å². The Hall–Kier alpha value is -3.08. The van der Waals surface area contributed by atoms with E-state index in [1.807, 2.05) is 38.1 Å². The standard InChI is InChI=1S/C23H25NO4/c1-14(2)21(12-15(3)22(25)26)24-23(27)28-13-20-18-10-6-4-8-16(18)17-9-5-7-11-19(17)20/h4-11,14,20-21H,3,12-13H2,1-2H3,(H,24,27)(H,25,26)/t21-/m1/s1. The first-order valence-corrected chi connectivity index (χ1v) is 9.41. The van der Waals surface area contributed by atoms with Gasteiger partial charge in [-0.2, -0.15) is 0 Å². The van der Waals surface area contributed by atoms with E-state index in [1.165, 1.54) is 11.1 Å². The largest absolute Gasteiger partial charge is 0.478 e. The van der Waals surface area contributed by atoms with Gasteiger partial charge in [-0.3, -0.25) is 0 Å². The Labute approximate surface area is 165 Å². The molecule has 28 heavy (non-hydrogen) atoms. The molecule has 1 amide bonds. The van der Waals surface area contributed by atoms with Crippen LogP contribution in [-0.2, 0) is 9.53 Å². The highest BCUT2D eigenvalue weighted by Gasteiger charge is 2.29. The fourth-order valence-electron chi connectivity index (χ4n) is 3.60. The number of rotatable bonds is 7. The molecule has 3 rings (SSSR count). The minimum absolute atomic E-state index is 0.00960. The van der Waals surface area contributed by atoms with Gasteiger partial charge in [-0.05, 0) is 34.6 Å². The molecule has 0 unspecified atom stereocenters. The molecule has 0 radical (unpaired) electrons. The van der Waals surface area contributed by atoms with E-state index in [9.17, 15) is 9.59 Å². The second-order valence-corrected chi connectivity index (χ2v) is 7.43. The number of ether oxygens (including phenoxy) is 1. The molecule has 0 aromatic heterocycles. The topological polar surface area (TPSA) is 75.6 Å². The lowest BCUT2D eigenvalue weighted by molar-refractivity contribution is -0.132. The summed E-state index contributed by atoms with van der Waals surface area (Å²) in [6, 6.07) is 15.9. The van der Waals surface area contributed by atoms with Crippen molar-refractivity contribution >= 4 is 12.1 Å². The van der Waals surface area contributed by atoms with Crippen molar-refractivity contribution in [1.82, 2.24) is 5.32 Å². The van der Waals surface area contributed by atoms with Crippen molar-refractivity contribution in [2.75, 3.05) is 6.61 Å². The van der Waals surface area contributed by atoms with E-state index >= 15 is 0 Å². The van der Waals surface area contributed by atoms with Crippen molar-refractivity contribution in [3.63, 3.8) is 0 Å². The van der Waals surface area contributed by atoms with Crippen molar-refractivity contribution in [2.45, 2.75) is 32.2 Å². The predicted octanol–water partition coefficient (Wildman–Crippen LogP) is 4.58. The minimum atomic E-state index is -1.06. The van der Waals surface area contributed by atoms with Crippen LogP contribution in [0.25, 0.3) is 11.1 Å². The Morgan fingerprint density at radius 1 is 1.07 bits per heavy atom. The van der Waals surface area contributed by atoms with Crippen LogP contribution in [0.5, 0.6) is 0 Å². The fraction of sp³-hybridized carbons (Fsp3) is 0.304. The van der Waals surface area contributed by atoms with Gasteiger partial charge in [-0.15, -0.1) is 0 Å². The monoisotopic (exact) mass is 379 g/mol. The first-order chi connectivity index (χ1) is 13.4. The molecule has 1 atom stereocenters. The maximum Gasteiger partial charge on any atom is 0.407 e. The number of carbonyl (C=O) groups is 2. The number of hydrogen-bond acceptors (Lipinski definition) is 3. The number of alkyl carbamates (subject to hydrolysis) is 1. The van der Waals surface area contributed by atoms with Crippen LogP contribution in [0, 0.1) is 5.92 Å². The van der Waals surface area contributed by atoms with Gasteiger partial charge in [0.1, 0.15) is 6.61 Å².